The van der Waals surface area contributed by atoms with Gasteiger partial charge in [0.2, 0.25) is 5.91 Å². The summed E-state index contributed by atoms with van der Waals surface area (Å²) < 4.78 is 5.66. The summed E-state index contributed by atoms with van der Waals surface area (Å²) >= 11 is 0. The SMILES string of the molecule is CCCOc1ccccc1C=CC(=O)Nc1cccc(C(C)=O)c1. The van der Waals surface area contributed by atoms with Crippen LogP contribution in [-0.4, -0.2) is 18.3 Å². The Morgan fingerprint density at radius 3 is 2.67 bits per heavy atom. The first kappa shape index (κ1) is 17.5. The summed E-state index contributed by atoms with van der Waals surface area (Å²) in [6, 6.07) is 14.4. The van der Waals surface area contributed by atoms with E-state index in [0.29, 0.717) is 17.9 Å². The molecule has 2 rings (SSSR count). The number of nitrogens with one attached hydrogen (secondary N) is 1. The zero-order valence-corrected chi connectivity index (χ0v) is 13.9. The fourth-order valence-corrected chi connectivity index (χ4v) is 2.13. The molecule has 4 nitrogen and oxygen atoms in total. The van der Waals surface area contributed by atoms with Gasteiger partial charge in [-0.1, -0.05) is 37.3 Å². The van der Waals surface area contributed by atoms with Crippen LogP contribution in [0.15, 0.2) is 54.6 Å². The number of hydrogen-bond donors (Lipinski definition) is 1. The van der Waals surface area contributed by atoms with E-state index in [2.05, 4.69) is 5.32 Å². The molecule has 0 aliphatic rings. The maximum absolute atomic E-state index is 12.1. The lowest BCUT2D eigenvalue weighted by molar-refractivity contribution is -0.111. The Labute approximate surface area is 142 Å². The highest BCUT2D eigenvalue weighted by Crippen LogP contribution is 2.20. The second-order valence-electron chi connectivity index (χ2n) is 5.35. The van der Waals surface area contributed by atoms with Gasteiger partial charge in [-0.2, -0.15) is 0 Å². The van der Waals surface area contributed by atoms with Gasteiger partial charge in [-0.15, -0.1) is 0 Å². The number of anilines is 1. The van der Waals surface area contributed by atoms with Crippen molar-refractivity contribution >= 4 is 23.5 Å². The van der Waals surface area contributed by atoms with Crippen LogP contribution in [-0.2, 0) is 4.79 Å². The van der Waals surface area contributed by atoms with Crippen LogP contribution in [0.3, 0.4) is 0 Å². The first-order valence-corrected chi connectivity index (χ1v) is 7.92. The van der Waals surface area contributed by atoms with Gasteiger partial charge in [0.15, 0.2) is 5.78 Å². The van der Waals surface area contributed by atoms with E-state index in [-0.39, 0.29) is 11.7 Å². The summed E-state index contributed by atoms with van der Waals surface area (Å²) in [5, 5.41) is 2.75. The van der Waals surface area contributed by atoms with Crippen LogP contribution in [0.4, 0.5) is 5.69 Å². The smallest absolute Gasteiger partial charge is 0.248 e. The molecule has 0 spiro atoms. The summed E-state index contributed by atoms with van der Waals surface area (Å²) in [4.78, 5) is 23.4. The molecule has 1 amide bonds. The standard InChI is InChI=1S/C20H21NO3/c1-3-13-24-19-10-5-4-7-16(19)11-12-20(23)21-18-9-6-8-17(14-18)15(2)22/h4-12,14H,3,13H2,1-2H3,(H,21,23). The predicted octanol–water partition coefficient (Wildman–Crippen LogP) is 4.33. The highest BCUT2D eigenvalue weighted by molar-refractivity contribution is 6.03. The Balaban J connectivity index is 2.06. The molecule has 24 heavy (non-hydrogen) atoms. The lowest BCUT2D eigenvalue weighted by atomic mass is 10.1. The molecular weight excluding hydrogens is 302 g/mol. The summed E-state index contributed by atoms with van der Waals surface area (Å²) in [6.45, 7) is 4.17. The summed E-state index contributed by atoms with van der Waals surface area (Å²) in [5.74, 6) is 0.451. The van der Waals surface area contributed by atoms with Gasteiger partial charge >= 0.3 is 0 Å². The highest BCUT2D eigenvalue weighted by atomic mass is 16.5. The molecule has 0 unspecified atom stereocenters. The molecule has 0 fully saturated rings. The molecule has 0 aliphatic carbocycles. The second-order valence-corrected chi connectivity index (χ2v) is 5.35. The molecule has 1 N–H and O–H groups in total. The Kier molecular flexibility index (Phi) is 6.32. The van der Waals surface area contributed by atoms with Gasteiger partial charge in [-0.25, -0.2) is 0 Å². The predicted molar refractivity (Wildman–Crippen MR) is 96.3 cm³/mol. The van der Waals surface area contributed by atoms with Crippen molar-refractivity contribution in [3.05, 3.63) is 65.7 Å². The fraction of sp³-hybridized carbons (Fsp3) is 0.200. The van der Waals surface area contributed by atoms with Crippen molar-refractivity contribution < 1.29 is 14.3 Å². The number of carbonyl (C=O) groups excluding carboxylic acids is 2. The molecule has 0 aliphatic heterocycles. The molecule has 2 aromatic carbocycles. The normalized spacial score (nSPS) is 10.6. The van der Waals surface area contributed by atoms with Gasteiger partial charge in [0.25, 0.3) is 0 Å². The van der Waals surface area contributed by atoms with E-state index in [4.69, 9.17) is 4.74 Å². The Bertz CT molecular complexity index is 750. The van der Waals surface area contributed by atoms with Gasteiger partial charge in [0, 0.05) is 22.9 Å². The zero-order valence-electron chi connectivity index (χ0n) is 13.9. The summed E-state index contributed by atoms with van der Waals surface area (Å²) in [6.07, 6.45) is 4.09. The number of benzene rings is 2. The molecule has 0 bridgehead atoms. The first-order chi connectivity index (χ1) is 11.6. The van der Waals surface area contributed by atoms with Crippen molar-refractivity contribution in [1.29, 1.82) is 0 Å². The van der Waals surface area contributed by atoms with Crippen LogP contribution in [0.5, 0.6) is 5.75 Å². The minimum Gasteiger partial charge on any atom is -0.493 e. The van der Waals surface area contributed by atoms with Crippen LogP contribution in [0.2, 0.25) is 0 Å². The molecule has 0 aromatic heterocycles. The second kappa shape index (κ2) is 8.67. The molecular formula is C20H21NO3. The summed E-state index contributed by atoms with van der Waals surface area (Å²) in [7, 11) is 0. The molecule has 0 radical (unpaired) electrons. The van der Waals surface area contributed by atoms with E-state index in [1.807, 2.05) is 31.2 Å². The van der Waals surface area contributed by atoms with Gasteiger partial charge in [0.05, 0.1) is 6.61 Å². The largest absolute Gasteiger partial charge is 0.493 e. The minimum absolute atomic E-state index is 0.0383. The zero-order chi connectivity index (χ0) is 17.4. The van der Waals surface area contributed by atoms with E-state index in [0.717, 1.165) is 17.7 Å². The highest BCUT2D eigenvalue weighted by Gasteiger charge is 2.04. The molecule has 0 saturated heterocycles. The topological polar surface area (TPSA) is 55.4 Å². The number of ketones is 1. The molecule has 4 heteroatoms. The maximum atomic E-state index is 12.1. The van der Waals surface area contributed by atoms with Crippen molar-refractivity contribution in [3.63, 3.8) is 0 Å². The van der Waals surface area contributed by atoms with E-state index in [1.54, 1.807) is 30.3 Å². The van der Waals surface area contributed by atoms with Crippen LogP contribution in [0.25, 0.3) is 6.08 Å². The number of carbonyl (C=O) groups is 2. The Hall–Kier alpha value is -2.88. The van der Waals surface area contributed by atoms with Crippen LogP contribution >= 0.6 is 0 Å². The fourth-order valence-electron chi connectivity index (χ4n) is 2.13. The van der Waals surface area contributed by atoms with Crippen LogP contribution < -0.4 is 10.1 Å². The molecule has 2 aromatic rings. The van der Waals surface area contributed by atoms with Crippen LogP contribution in [0, 0.1) is 0 Å². The number of para-hydroxylation sites is 1. The average molecular weight is 323 g/mol. The molecule has 0 heterocycles. The van der Waals surface area contributed by atoms with Crippen molar-refractivity contribution in [2.45, 2.75) is 20.3 Å². The third-order valence-corrected chi connectivity index (χ3v) is 3.33. The van der Waals surface area contributed by atoms with Crippen LogP contribution in [0.1, 0.15) is 36.2 Å². The van der Waals surface area contributed by atoms with Crippen molar-refractivity contribution in [2.24, 2.45) is 0 Å². The van der Waals surface area contributed by atoms with Gasteiger partial charge in [0.1, 0.15) is 5.75 Å². The Morgan fingerprint density at radius 1 is 1.12 bits per heavy atom. The number of hydrogen-bond acceptors (Lipinski definition) is 3. The lowest BCUT2D eigenvalue weighted by Gasteiger charge is -2.07. The monoisotopic (exact) mass is 323 g/mol. The summed E-state index contributed by atoms with van der Waals surface area (Å²) in [5.41, 5.74) is 2.00. The van der Waals surface area contributed by atoms with E-state index < -0.39 is 0 Å². The van der Waals surface area contributed by atoms with Crippen molar-refractivity contribution in [1.82, 2.24) is 0 Å². The van der Waals surface area contributed by atoms with Gasteiger partial charge in [-0.3, -0.25) is 9.59 Å². The minimum atomic E-state index is -0.263. The number of Topliss-reactive ketones (excluding diaryl/α,β-unsaturated/α-hetero) is 1. The maximum Gasteiger partial charge on any atom is 0.248 e. The number of amides is 1. The lowest BCUT2D eigenvalue weighted by Crippen LogP contribution is -2.08. The number of ether oxygens (including phenoxy) is 1. The molecule has 0 atom stereocenters. The Morgan fingerprint density at radius 2 is 1.92 bits per heavy atom. The van der Waals surface area contributed by atoms with E-state index in [1.165, 1.54) is 13.0 Å². The molecule has 0 saturated carbocycles. The third-order valence-electron chi connectivity index (χ3n) is 3.33. The van der Waals surface area contributed by atoms with Gasteiger partial charge < -0.3 is 10.1 Å². The first-order valence-electron chi connectivity index (χ1n) is 7.92. The molecule has 124 valence electrons. The quantitative estimate of drug-likeness (QED) is 0.609. The van der Waals surface area contributed by atoms with Crippen molar-refractivity contribution in [2.75, 3.05) is 11.9 Å². The van der Waals surface area contributed by atoms with E-state index in [9.17, 15) is 9.59 Å². The number of rotatable bonds is 7. The average Bonchev–Trinajstić information content (AvgIpc) is 2.59. The third kappa shape index (κ3) is 5.09. The van der Waals surface area contributed by atoms with E-state index >= 15 is 0 Å². The van der Waals surface area contributed by atoms with Gasteiger partial charge in [-0.05, 0) is 37.6 Å². The van der Waals surface area contributed by atoms with Crippen molar-refractivity contribution in [3.8, 4) is 5.75 Å².